The third kappa shape index (κ3) is 2.17. The number of aromatic hydroxyl groups is 1. The molecule has 1 atom stereocenters. The average molecular weight is 194 g/mol. The number of phenolic OH excluding ortho intramolecular Hbond substituents is 1. The Hall–Kier alpha value is -1.22. The number of para-hydroxylation sites is 2. The highest BCUT2D eigenvalue weighted by atomic mass is 16.5. The van der Waals surface area contributed by atoms with Gasteiger partial charge >= 0.3 is 0 Å². The summed E-state index contributed by atoms with van der Waals surface area (Å²) < 4.78 is 5.30. The van der Waals surface area contributed by atoms with Crippen molar-refractivity contribution in [3.05, 3.63) is 24.3 Å². The largest absolute Gasteiger partial charge is 0.504 e. The first-order chi connectivity index (χ1) is 6.77. The smallest absolute Gasteiger partial charge is 0.161 e. The zero-order chi connectivity index (χ0) is 9.97. The summed E-state index contributed by atoms with van der Waals surface area (Å²) in [4.78, 5) is 0. The predicted molar refractivity (Wildman–Crippen MR) is 52.3 cm³/mol. The number of benzene rings is 1. The van der Waals surface area contributed by atoms with Crippen LogP contribution in [-0.4, -0.2) is 22.9 Å². The molecule has 1 unspecified atom stereocenters. The lowest BCUT2D eigenvalue weighted by Gasteiger charge is -2.11. The van der Waals surface area contributed by atoms with Gasteiger partial charge in [-0.2, -0.15) is 0 Å². The highest BCUT2D eigenvalue weighted by Crippen LogP contribution is 2.33. The molecule has 1 aromatic rings. The van der Waals surface area contributed by atoms with Crippen molar-refractivity contribution in [1.82, 2.24) is 0 Å². The maximum atomic E-state index is 9.53. The first kappa shape index (κ1) is 9.34. The SMILES string of the molecule is Oc1ccccc1OCC(O)C1CC1. The molecule has 1 aliphatic carbocycles. The second-order valence-electron chi connectivity index (χ2n) is 3.68. The fourth-order valence-corrected chi connectivity index (χ4v) is 1.37. The molecule has 14 heavy (non-hydrogen) atoms. The minimum Gasteiger partial charge on any atom is -0.504 e. The van der Waals surface area contributed by atoms with E-state index in [1.54, 1.807) is 24.3 Å². The van der Waals surface area contributed by atoms with Crippen LogP contribution in [0.1, 0.15) is 12.8 Å². The van der Waals surface area contributed by atoms with Crippen molar-refractivity contribution in [3.63, 3.8) is 0 Å². The van der Waals surface area contributed by atoms with E-state index in [1.165, 1.54) is 0 Å². The molecular weight excluding hydrogens is 180 g/mol. The van der Waals surface area contributed by atoms with Gasteiger partial charge in [-0.25, -0.2) is 0 Å². The minimum absolute atomic E-state index is 0.121. The van der Waals surface area contributed by atoms with E-state index in [0.717, 1.165) is 12.8 Å². The molecule has 0 heterocycles. The molecule has 0 saturated heterocycles. The quantitative estimate of drug-likeness (QED) is 0.764. The molecule has 2 N–H and O–H groups in total. The monoisotopic (exact) mass is 194 g/mol. The van der Waals surface area contributed by atoms with E-state index in [-0.39, 0.29) is 12.4 Å². The van der Waals surface area contributed by atoms with Crippen LogP contribution in [0, 0.1) is 5.92 Å². The van der Waals surface area contributed by atoms with Crippen molar-refractivity contribution in [2.75, 3.05) is 6.61 Å². The summed E-state index contributed by atoms with van der Waals surface area (Å²) in [5.41, 5.74) is 0. The van der Waals surface area contributed by atoms with Crippen molar-refractivity contribution in [2.45, 2.75) is 18.9 Å². The van der Waals surface area contributed by atoms with E-state index in [4.69, 9.17) is 4.74 Å². The van der Waals surface area contributed by atoms with Crippen LogP contribution in [-0.2, 0) is 0 Å². The molecule has 3 heteroatoms. The Morgan fingerprint density at radius 1 is 1.36 bits per heavy atom. The summed E-state index contributed by atoms with van der Waals surface area (Å²) in [6.45, 7) is 0.266. The molecule has 0 amide bonds. The molecule has 76 valence electrons. The maximum absolute atomic E-state index is 9.53. The third-order valence-electron chi connectivity index (χ3n) is 2.44. The zero-order valence-corrected chi connectivity index (χ0v) is 7.89. The number of hydrogen-bond donors (Lipinski definition) is 2. The number of rotatable bonds is 4. The van der Waals surface area contributed by atoms with Crippen LogP contribution in [0.25, 0.3) is 0 Å². The van der Waals surface area contributed by atoms with Crippen LogP contribution in [0.5, 0.6) is 11.5 Å². The maximum Gasteiger partial charge on any atom is 0.161 e. The predicted octanol–water partition coefficient (Wildman–Crippen LogP) is 1.54. The molecule has 1 saturated carbocycles. The van der Waals surface area contributed by atoms with Crippen molar-refractivity contribution in [3.8, 4) is 11.5 Å². The van der Waals surface area contributed by atoms with Gasteiger partial charge < -0.3 is 14.9 Å². The van der Waals surface area contributed by atoms with Gasteiger partial charge in [-0.1, -0.05) is 12.1 Å². The molecule has 0 bridgehead atoms. The lowest BCUT2D eigenvalue weighted by molar-refractivity contribution is 0.0880. The van der Waals surface area contributed by atoms with Crippen LogP contribution in [0.15, 0.2) is 24.3 Å². The summed E-state index contributed by atoms with van der Waals surface area (Å²) in [6, 6.07) is 6.78. The van der Waals surface area contributed by atoms with E-state index >= 15 is 0 Å². The van der Waals surface area contributed by atoms with E-state index in [0.29, 0.717) is 11.7 Å². The fourth-order valence-electron chi connectivity index (χ4n) is 1.37. The van der Waals surface area contributed by atoms with E-state index < -0.39 is 6.10 Å². The summed E-state index contributed by atoms with van der Waals surface area (Å²) in [6.07, 6.45) is 1.78. The molecule has 3 nitrogen and oxygen atoms in total. The van der Waals surface area contributed by atoms with Crippen LogP contribution in [0.4, 0.5) is 0 Å². The van der Waals surface area contributed by atoms with Crippen molar-refractivity contribution in [1.29, 1.82) is 0 Å². The molecule has 1 aliphatic rings. The number of phenols is 1. The Bertz CT molecular complexity index is 307. The average Bonchev–Trinajstić information content (AvgIpc) is 2.99. The molecule has 0 radical (unpaired) electrons. The summed E-state index contributed by atoms with van der Waals surface area (Å²) in [5.74, 6) is 0.962. The molecule has 1 fully saturated rings. The lowest BCUT2D eigenvalue weighted by Crippen LogP contribution is -2.19. The van der Waals surface area contributed by atoms with Gasteiger partial charge in [0.2, 0.25) is 0 Å². The topological polar surface area (TPSA) is 49.7 Å². The summed E-state index contributed by atoms with van der Waals surface area (Å²) >= 11 is 0. The van der Waals surface area contributed by atoms with E-state index in [2.05, 4.69) is 0 Å². The molecule has 0 spiro atoms. The van der Waals surface area contributed by atoms with Gasteiger partial charge in [-0.3, -0.25) is 0 Å². The Kier molecular flexibility index (Phi) is 2.59. The molecule has 2 rings (SSSR count). The third-order valence-corrected chi connectivity index (χ3v) is 2.44. The van der Waals surface area contributed by atoms with Crippen molar-refractivity contribution >= 4 is 0 Å². The second kappa shape index (κ2) is 3.88. The first-order valence-corrected chi connectivity index (χ1v) is 4.86. The Morgan fingerprint density at radius 2 is 2.07 bits per heavy atom. The van der Waals surface area contributed by atoms with Crippen LogP contribution in [0.2, 0.25) is 0 Å². The summed E-state index contributed by atoms with van der Waals surface area (Å²) in [7, 11) is 0. The fraction of sp³-hybridized carbons (Fsp3) is 0.455. The van der Waals surface area contributed by atoms with Crippen molar-refractivity contribution < 1.29 is 14.9 Å². The first-order valence-electron chi connectivity index (χ1n) is 4.86. The molecular formula is C11H14O3. The Labute approximate surface area is 83.0 Å². The van der Waals surface area contributed by atoms with Crippen LogP contribution in [0.3, 0.4) is 0 Å². The van der Waals surface area contributed by atoms with Gasteiger partial charge in [0.1, 0.15) is 6.61 Å². The number of hydrogen-bond acceptors (Lipinski definition) is 3. The van der Waals surface area contributed by atoms with Gasteiger partial charge in [-0.15, -0.1) is 0 Å². The van der Waals surface area contributed by atoms with Gasteiger partial charge in [0.05, 0.1) is 6.10 Å². The molecule has 0 aromatic heterocycles. The number of ether oxygens (including phenoxy) is 1. The summed E-state index contributed by atoms with van der Waals surface area (Å²) in [5, 5.41) is 18.9. The van der Waals surface area contributed by atoms with Gasteiger partial charge in [-0.05, 0) is 30.9 Å². The normalized spacial score (nSPS) is 17.8. The van der Waals surface area contributed by atoms with Gasteiger partial charge in [0, 0.05) is 0 Å². The highest BCUT2D eigenvalue weighted by molar-refractivity contribution is 5.37. The Morgan fingerprint density at radius 3 is 2.71 bits per heavy atom. The highest BCUT2D eigenvalue weighted by Gasteiger charge is 2.30. The van der Waals surface area contributed by atoms with Crippen LogP contribution >= 0.6 is 0 Å². The number of aliphatic hydroxyl groups is 1. The minimum atomic E-state index is -0.394. The van der Waals surface area contributed by atoms with E-state index in [9.17, 15) is 10.2 Å². The van der Waals surface area contributed by atoms with Gasteiger partial charge in [0.25, 0.3) is 0 Å². The van der Waals surface area contributed by atoms with Gasteiger partial charge in [0.15, 0.2) is 11.5 Å². The standard InChI is InChI=1S/C11H14O3/c12-9-3-1-2-4-11(9)14-7-10(13)8-5-6-8/h1-4,8,10,12-13H,5-7H2. The second-order valence-corrected chi connectivity index (χ2v) is 3.68. The molecule has 1 aromatic carbocycles. The van der Waals surface area contributed by atoms with Crippen LogP contribution < -0.4 is 4.74 Å². The Balaban J connectivity index is 1.87. The van der Waals surface area contributed by atoms with E-state index in [1.807, 2.05) is 0 Å². The lowest BCUT2D eigenvalue weighted by atomic mass is 10.2. The zero-order valence-electron chi connectivity index (χ0n) is 7.89. The van der Waals surface area contributed by atoms with Crippen molar-refractivity contribution in [2.24, 2.45) is 5.92 Å². The number of aliphatic hydroxyl groups excluding tert-OH is 1. The molecule has 0 aliphatic heterocycles.